The molecule has 6 nitrogen and oxygen atoms in total. The third-order valence-corrected chi connectivity index (χ3v) is 6.19. The van der Waals surface area contributed by atoms with Gasteiger partial charge in [0.05, 0.1) is 26.9 Å². The van der Waals surface area contributed by atoms with Crippen LogP contribution in [0.1, 0.15) is 27.3 Å². The summed E-state index contributed by atoms with van der Waals surface area (Å²) in [6.07, 6.45) is 1.68. The van der Waals surface area contributed by atoms with E-state index in [0.717, 1.165) is 33.6 Å². The van der Waals surface area contributed by atoms with Crippen LogP contribution in [0.25, 0.3) is 11.8 Å². The maximum absolute atomic E-state index is 12.9. The number of carboxylic acids is 1. The van der Waals surface area contributed by atoms with Gasteiger partial charge in [0.15, 0.2) is 0 Å². The molecule has 1 aliphatic heterocycles. The summed E-state index contributed by atoms with van der Waals surface area (Å²) in [7, 11) is 0. The van der Waals surface area contributed by atoms with E-state index in [1.165, 1.54) is 12.1 Å². The van der Waals surface area contributed by atoms with Crippen molar-refractivity contribution in [3.8, 4) is 5.69 Å². The average Bonchev–Trinajstić information content (AvgIpc) is 3.17. The summed E-state index contributed by atoms with van der Waals surface area (Å²) in [5, 5.41) is 9.37. The first-order chi connectivity index (χ1) is 14.8. The number of anilines is 1. The van der Waals surface area contributed by atoms with Crippen molar-refractivity contribution in [1.82, 2.24) is 4.57 Å². The summed E-state index contributed by atoms with van der Waals surface area (Å²) in [6.45, 7) is 3.72. The Morgan fingerprint density at radius 1 is 1.06 bits per heavy atom. The van der Waals surface area contributed by atoms with Gasteiger partial charge in [-0.2, -0.15) is 0 Å². The Labute approximate surface area is 187 Å². The molecule has 0 bridgehead atoms. The van der Waals surface area contributed by atoms with Crippen LogP contribution < -0.4 is 4.90 Å². The van der Waals surface area contributed by atoms with Crippen LogP contribution in [0.4, 0.5) is 10.5 Å². The van der Waals surface area contributed by atoms with Crippen molar-refractivity contribution in [1.29, 1.82) is 0 Å². The van der Waals surface area contributed by atoms with E-state index in [1.807, 2.05) is 30.5 Å². The van der Waals surface area contributed by atoms with Crippen molar-refractivity contribution < 1.29 is 19.5 Å². The molecule has 0 spiro atoms. The number of carbonyl (C=O) groups excluding carboxylic acids is 2. The smallest absolute Gasteiger partial charge is 0.335 e. The average molecular weight is 453 g/mol. The Hall–Kier alpha value is -3.29. The number of aryl methyl sites for hydroxylation is 1. The molecule has 4 rings (SSSR count). The molecule has 8 heteroatoms. The number of para-hydroxylation sites is 1. The van der Waals surface area contributed by atoms with E-state index in [9.17, 15) is 19.5 Å². The third kappa shape index (κ3) is 3.78. The van der Waals surface area contributed by atoms with E-state index in [2.05, 4.69) is 0 Å². The standard InChI is InChI=1S/C23H17ClN2O4S/c1-13-10-16(14(2)25(13)19-11-15(22(28)29)8-9-18(19)24)12-20-21(27)26(23(30)31-20)17-6-4-3-5-7-17/h3-12H,1-2H3,(H,28,29)/b20-12-. The van der Waals surface area contributed by atoms with Gasteiger partial charge < -0.3 is 9.67 Å². The van der Waals surface area contributed by atoms with Crippen molar-refractivity contribution in [2.24, 2.45) is 0 Å². The summed E-state index contributed by atoms with van der Waals surface area (Å²) in [5.41, 5.74) is 3.51. The molecule has 0 unspecified atom stereocenters. The molecule has 156 valence electrons. The van der Waals surface area contributed by atoms with Gasteiger partial charge in [0.2, 0.25) is 0 Å². The molecule has 3 aromatic rings. The quantitative estimate of drug-likeness (QED) is 0.514. The predicted octanol–water partition coefficient (Wildman–Crippen LogP) is 5.69. The zero-order chi connectivity index (χ0) is 22.3. The molecule has 1 saturated heterocycles. The molecule has 0 saturated carbocycles. The topological polar surface area (TPSA) is 79.6 Å². The molecule has 0 atom stereocenters. The number of hydrogen-bond acceptors (Lipinski definition) is 4. The van der Waals surface area contributed by atoms with E-state index in [1.54, 1.807) is 36.4 Å². The zero-order valence-corrected chi connectivity index (χ0v) is 18.2. The normalized spacial score (nSPS) is 15.2. The van der Waals surface area contributed by atoms with Gasteiger partial charge in [0.1, 0.15) is 0 Å². The van der Waals surface area contributed by atoms with Gasteiger partial charge in [-0.25, -0.2) is 9.69 Å². The molecule has 31 heavy (non-hydrogen) atoms. The molecule has 0 aliphatic carbocycles. The number of amides is 2. The number of aromatic carboxylic acids is 1. The predicted molar refractivity (Wildman–Crippen MR) is 122 cm³/mol. The number of carbonyl (C=O) groups is 3. The summed E-state index contributed by atoms with van der Waals surface area (Å²) in [4.78, 5) is 38.2. The van der Waals surface area contributed by atoms with Crippen molar-refractivity contribution in [2.45, 2.75) is 13.8 Å². The van der Waals surface area contributed by atoms with Crippen LogP contribution in [-0.4, -0.2) is 26.8 Å². The molecule has 1 aromatic heterocycles. The van der Waals surface area contributed by atoms with Crippen LogP contribution in [0.2, 0.25) is 5.02 Å². The highest BCUT2D eigenvalue weighted by atomic mass is 35.5. The lowest BCUT2D eigenvalue weighted by Crippen LogP contribution is -2.27. The molecular formula is C23H17ClN2O4S. The van der Waals surface area contributed by atoms with Gasteiger partial charge in [-0.3, -0.25) is 9.59 Å². The first-order valence-electron chi connectivity index (χ1n) is 9.33. The largest absolute Gasteiger partial charge is 0.478 e. The molecule has 2 amide bonds. The van der Waals surface area contributed by atoms with Crippen LogP contribution in [0.15, 0.2) is 59.5 Å². The summed E-state index contributed by atoms with van der Waals surface area (Å²) in [5.74, 6) is -1.42. The fourth-order valence-electron chi connectivity index (χ4n) is 3.53. The monoisotopic (exact) mass is 452 g/mol. The van der Waals surface area contributed by atoms with Gasteiger partial charge in [-0.05, 0) is 73.6 Å². The van der Waals surface area contributed by atoms with Crippen molar-refractivity contribution >= 4 is 52.2 Å². The highest BCUT2D eigenvalue weighted by molar-refractivity contribution is 8.19. The fraction of sp³-hybridized carbons (Fsp3) is 0.0870. The number of carboxylic acid groups (broad SMARTS) is 1. The lowest BCUT2D eigenvalue weighted by molar-refractivity contribution is -0.113. The van der Waals surface area contributed by atoms with E-state index >= 15 is 0 Å². The number of hydrogen-bond donors (Lipinski definition) is 1. The van der Waals surface area contributed by atoms with Crippen LogP contribution in [0, 0.1) is 13.8 Å². The lowest BCUT2D eigenvalue weighted by atomic mass is 10.2. The second-order valence-corrected chi connectivity index (χ2v) is 8.39. The van der Waals surface area contributed by atoms with Crippen molar-refractivity contribution in [3.05, 3.63) is 87.0 Å². The van der Waals surface area contributed by atoms with Gasteiger partial charge >= 0.3 is 5.97 Å². The Bertz CT molecular complexity index is 1260. The van der Waals surface area contributed by atoms with E-state index in [0.29, 0.717) is 21.3 Å². The second kappa shape index (κ2) is 8.09. The van der Waals surface area contributed by atoms with Gasteiger partial charge in [0.25, 0.3) is 11.1 Å². The maximum atomic E-state index is 12.9. The first-order valence-corrected chi connectivity index (χ1v) is 10.5. The molecule has 1 N–H and O–H groups in total. The summed E-state index contributed by atoms with van der Waals surface area (Å²) >= 11 is 7.24. The molecular weight excluding hydrogens is 436 g/mol. The zero-order valence-electron chi connectivity index (χ0n) is 16.6. The van der Waals surface area contributed by atoms with Crippen LogP contribution in [-0.2, 0) is 4.79 Å². The highest BCUT2D eigenvalue weighted by Crippen LogP contribution is 2.37. The molecule has 2 aromatic carbocycles. The Balaban J connectivity index is 1.74. The molecule has 2 heterocycles. The van der Waals surface area contributed by atoms with E-state index in [4.69, 9.17) is 11.6 Å². The Morgan fingerprint density at radius 3 is 2.45 bits per heavy atom. The summed E-state index contributed by atoms with van der Waals surface area (Å²) in [6, 6.07) is 15.2. The number of imide groups is 1. The van der Waals surface area contributed by atoms with E-state index in [-0.39, 0.29) is 16.7 Å². The third-order valence-electron chi connectivity index (χ3n) is 5.00. The fourth-order valence-corrected chi connectivity index (χ4v) is 4.56. The van der Waals surface area contributed by atoms with E-state index < -0.39 is 5.97 Å². The molecule has 1 aliphatic rings. The maximum Gasteiger partial charge on any atom is 0.335 e. The molecule has 0 radical (unpaired) electrons. The van der Waals surface area contributed by atoms with Crippen molar-refractivity contribution in [3.63, 3.8) is 0 Å². The van der Waals surface area contributed by atoms with Gasteiger partial charge in [-0.1, -0.05) is 29.8 Å². The second-order valence-electron chi connectivity index (χ2n) is 6.99. The minimum atomic E-state index is -1.05. The lowest BCUT2D eigenvalue weighted by Gasteiger charge is -2.12. The van der Waals surface area contributed by atoms with Crippen LogP contribution in [0.3, 0.4) is 0 Å². The number of benzene rings is 2. The van der Waals surface area contributed by atoms with Crippen molar-refractivity contribution in [2.75, 3.05) is 4.90 Å². The number of halogens is 1. The summed E-state index contributed by atoms with van der Waals surface area (Å²) < 4.78 is 1.84. The minimum absolute atomic E-state index is 0.123. The Morgan fingerprint density at radius 2 is 1.77 bits per heavy atom. The number of aromatic nitrogens is 1. The van der Waals surface area contributed by atoms with Gasteiger partial charge in [0, 0.05) is 11.4 Å². The van der Waals surface area contributed by atoms with Crippen LogP contribution >= 0.6 is 23.4 Å². The van der Waals surface area contributed by atoms with Gasteiger partial charge in [-0.15, -0.1) is 0 Å². The Kier molecular flexibility index (Phi) is 5.47. The number of rotatable bonds is 4. The number of thioether (sulfide) groups is 1. The first kappa shape index (κ1) is 21.0. The number of nitrogens with zero attached hydrogens (tertiary/aromatic N) is 2. The minimum Gasteiger partial charge on any atom is -0.478 e. The highest BCUT2D eigenvalue weighted by Gasteiger charge is 2.36. The van der Waals surface area contributed by atoms with Crippen LogP contribution in [0.5, 0.6) is 0 Å². The SMILES string of the molecule is Cc1cc(/C=C2\SC(=O)N(c3ccccc3)C2=O)c(C)n1-c1cc(C(=O)O)ccc1Cl. The molecule has 1 fully saturated rings.